The average molecular weight is 300 g/mol. The Morgan fingerprint density at radius 2 is 1.82 bits per heavy atom. The van der Waals surface area contributed by atoms with Crippen molar-refractivity contribution in [1.82, 2.24) is 10.6 Å². The minimum atomic E-state index is -0.652. The summed E-state index contributed by atoms with van der Waals surface area (Å²) in [5.41, 5.74) is 1.82. The van der Waals surface area contributed by atoms with Gasteiger partial charge in [-0.1, -0.05) is 30.3 Å². The van der Waals surface area contributed by atoms with Gasteiger partial charge >= 0.3 is 11.8 Å². The van der Waals surface area contributed by atoms with Crippen molar-refractivity contribution in [3.63, 3.8) is 0 Å². The Hall–Kier alpha value is -2.56. The van der Waals surface area contributed by atoms with Crippen molar-refractivity contribution in [1.29, 1.82) is 0 Å². The zero-order valence-corrected chi connectivity index (χ0v) is 13.0. The number of rotatable bonds is 4. The SMILES string of the molecule is Cc1cc(CNC(=O)C(=O)NC(C)c2ccccc2)c(C)o1. The molecule has 0 saturated heterocycles. The third-order valence-electron chi connectivity index (χ3n) is 3.44. The molecule has 0 spiro atoms. The van der Waals surface area contributed by atoms with Crippen molar-refractivity contribution in [2.45, 2.75) is 33.4 Å². The Labute approximate surface area is 129 Å². The first-order valence-corrected chi connectivity index (χ1v) is 7.17. The standard InChI is InChI=1S/C17H20N2O3/c1-11-9-15(13(3)22-11)10-18-16(20)17(21)19-12(2)14-7-5-4-6-8-14/h4-9,12H,10H2,1-3H3,(H,18,20)(H,19,21). The van der Waals surface area contributed by atoms with Crippen LogP contribution in [0.15, 0.2) is 40.8 Å². The second-order valence-corrected chi connectivity index (χ2v) is 5.23. The van der Waals surface area contributed by atoms with Gasteiger partial charge in [-0.05, 0) is 32.4 Å². The van der Waals surface area contributed by atoms with Gasteiger partial charge < -0.3 is 15.1 Å². The number of aryl methyl sites for hydroxylation is 2. The van der Waals surface area contributed by atoms with E-state index in [0.29, 0.717) is 0 Å². The summed E-state index contributed by atoms with van der Waals surface area (Å²) in [6.07, 6.45) is 0. The Balaban J connectivity index is 1.87. The molecule has 2 rings (SSSR count). The molecule has 1 aromatic carbocycles. The Morgan fingerprint density at radius 1 is 1.14 bits per heavy atom. The number of amides is 2. The second kappa shape index (κ2) is 6.93. The van der Waals surface area contributed by atoms with Crippen molar-refractivity contribution in [2.24, 2.45) is 0 Å². The van der Waals surface area contributed by atoms with Crippen LogP contribution in [0.3, 0.4) is 0 Å². The zero-order chi connectivity index (χ0) is 16.1. The lowest BCUT2D eigenvalue weighted by atomic mass is 10.1. The molecule has 2 aromatic rings. The van der Waals surface area contributed by atoms with Gasteiger partial charge in [0.1, 0.15) is 11.5 Å². The first-order valence-electron chi connectivity index (χ1n) is 7.17. The van der Waals surface area contributed by atoms with Crippen LogP contribution in [0.5, 0.6) is 0 Å². The molecule has 1 atom stereocenters. The Bertz CT molecular complexity index is 662. The number of nitrogens with one attached hydrogen (secondary N) is 2. The maximum absolute atomic E-state index is 11.9. The monoisotopic (exact) mass is 300 g/mol. The van der Waals surface area contributed by atoms with Crippen LogP contribution in [0.1, 0.15) is 35.6 Å². The molecule has 0 fully saturated rings. The van der Waals surface area contributed by atoms with Crippen LogP contribution >= 0.6 is 0 Å². The van der Waals surface area contributed by atoms with Gasteiger partial charge in [-0.2, -0.15) is 0 Å². The van der Waals surface area contributed by atoms with Crippen molar-refractivity contribution >= 4 is 11.8 Å². The summed E-state index contributed by atoms with van der Waals surface area (Å²) in [6.45, 7) is 5.78. The predicted octanol–water partition coefficient (Wildman–Crippen LogP) is 2.39. The molecule has 5 nitrogen and oxygen atoms in total. The van der Waals surface area contributed by atoms with Gasteiger partial charge in [0.15, 0.2) is 0 Å². The lowest BCUT2D eigenvalue weighted by Crippen LogP contribution is -2.40. The lowest BCUT2D eigenvalue weighted by molar-refractivity contribution is -0.139. The lowest BCUT2D eigenvalue weighted by Gasteiger charge is -2.13. The summed E-state index contributed by atoms with van der Waals surface area (Å²) in [4.78, 5) is 23.7. The summed E-state index contributed by atoms with van der Waals surface area (Å²) in [5, 5.41) is 5.28. The van der Waals surface area contributed by atoms with E-state index in [2.05, 4.69) is 10.6 Å². The molecule has 22 heavy (non-hydrogen) atoms. The molecular formula is C17H20N2O3. The van der Waals surface area contributed by atoms with Crippen LogP contribution in [0.25, 0.3) is 0 Å². The fraction of sp³-hybridized carbons (Fsp3) is 0.294. The third kappa shape index (κ3) is 3.97. The van der Waals surface area contributed by atoms with Gasteiger partial charge in [0.25, 0.3) is 0 Å². The summed E-state index contributed by atoms with van der Waals surface area (Å²) < 4.78 is 5.38. The van der Waals surface area contributed by atoms with Crippen LogP contribution in [0, 0.1) is 13.8 Å². The van der Waals surface area contributed by atoms with Crippen molar-refractivity contribution in [3.8, 4) is 0 Å². The minimum Gasteiger partial charge on any atom is -0.466 e. The smallest absolute Gasteiger partial charge is 0.309 e. The summed E-state index contributed by atoms with van der Waals surface area (Å²) >= 11 is 0. The maximum atomic E-state index is 11.9. The van der Waals surface area contributed by atoms with E-state index >= 15 is 0 Å². The number of furan rings is 1. The van der Waals surface area contributed by atoms with E-state index in [0.717, 1.165) is 22.6 Å². The molecule has 1 heterocycles. The van der Waals surface area contributed by atoms with E-state index in [9.17, 15) is 9.59 Å². The highest BCUT2D eigenvalue weighted by molar-refractivity contribution is 6.35. The maximum Gasteiger partial charge on any atom is 0.309 e. The van der Waals surface area contributed by atoms with E-state index in [4.69, 9.17) is 4.42 Å². The number of carbonyl (C=O) groups excluding carboxylic acids is 2. The van der Waals surface area contributed by atoms with Crippen molar-refractivity contribution in [3.05, 3.63) is 59.0 Å². The fourth-order valence-electron chi connectivity index (χ4n) is 2.20. The van der Waals surface area contributed by atoms with Crippen LogP contribution in [-0.2, 0) is 16.1 Å². The highest BCUT2D eigenvalue weighted by Gasteiger charge is 2.17. The van der Waals surface area contributed by atoms with Gasteiger partial charge in [0.2, 0.25) is 0 Å². The number of hydrogen-bond donors (Lipinski definition) is 2. The van der Waals surface area contributed by atoms with E-state index in [-0.39, 0.29) is 12.6 Å². The quantitative estimate of drug-likeness (QED) is 0.852. The molecule has 0 radical (unpaired) electrons. The largest absolute Gasteiger partial charge is 0.466 e. The molecule has 0 saturated carbocycles. The summed E-state index contributed by atoms with van der Waals surface area (Å²) in [5.74, 6) is 0.231. The summed E-state index contributed by atoms with van der Waals surface area (Å²) in [6, 6.07) is 11.1. The molecule has 5 heteroatoms. The molecular weight excluding hydrogens is 280 g/mol. The van der Waals surface area contributed by atoms with Gasteiger partial charge in [0, 0.05) is 12.1 Å². The summed E-state index contributed by atoms with van der Waals surface area (Å²) in [7, 11) is 0. The van der Waals surface area contributed by atoms with Gasteiger partial charge in [-0.15, -0.1) is 0 Å². The van der Waals surface area contributed by atoms with Crippen LogP contribution < -0.4 is 10.6 Å². The van der Waals surface area contributed by atoms with E-state index < -0.39 is 11.8 Å². The van der Waals surface area contributed by atoms with Gasteiger partial charge in [-0.25, -0.2) is 0 Å². The molecule has 0 bridgehead atoms. The predicted molar refractivity (Wildman–Crippen MR) is 83.0 cm³/mol. The van der Waals surface area contributed by atoms with Crippen LogP contribution in [0.4, 0.5) is 0 Å². The second-order valence-electron chi connectivity index (χ2n) is 5.23. The van der Waals surface area contributed by atoms with Gasteiger partial charge in [-0.3, -0.25) is 9.59 Å². The van der Waals surface area contributed by atoms with Crippen molar-refractivity contribution < 1.29 is 14.0 Å². The molecule has 2 amide bonds. The van der Waals surface area contributed by atoms with E-state index in [1.54, 1.807) is 0 Å². The molecule has 2 N–H and O–H groups in total. The topological polar surface area (TPSA) is 71.3 Å². The number of benzene rings is 1. The Morgan fingerprint density at radius 3 is 2.41 bits per heavy atom. The van der Waals surface area contributed by atoms with Crippen LogP contribution in [0.2, 0.25) is 0 Å². The van der Waals surface area contributed by atoms with E-state index in [1.807, 2.05) is 57.2 Å². The van der Waals surface area contributed by atoms with Gasteiger partial charge in [0.05, 0.1) is 6.04 Å². The highest BCUT2D eigenvalue weighted by atomic mass is 16.3. The Kier molecular flexibility index (Phi) is 4.99. The minimum absolute atomic E-state index is 0.225. The van der Waals surface area contributed by atoms with Crippen LogP contribution in [-0.4, -0.2) is 11.8 Å². The number of hydrogen-bond acceptors (Lipinski definition) is 3. The average Bonchev–Trinajstić information content (AvgIpc) is 2.83. The highest BCUT2D eigenvalue weighted by Crippen LogP contribution is 2.13. The van der Waals surface area contributed by atoms with Crippen molar-refractivity contribution in [2.75, 3.05) is 0 Å². The normalized spacial score (nSPS) is 11.8. The molecule has 0 aliphatic carbocycles. The van der Waals surface area contributed by atoms with E-state index in [1.165, 1.54) is 0 Å². The molecule has 116 valence electrons. The molecule has 1 aromatic heterocycles. The first kappa shape index (κ1) is 15.8. The molecule has 0 aliphatic heterocycles. The first-order chi connectivity index (χ1) is 10.5. The fourth-order valence-corrected chi connectivity index (χ4v) is 2.20. The zero-order valence-electron chi connectivity index (χ0n) is 13.0. The number of carbonyl (C=O) groups is 2. The molecule has 0 aliphatic rings. The molecule has 1 unspecified atom stereocenters. The third-order valence-corrected chi connectivity index (χ3v) is 3.44.